The minimum absolute atomic E-state index is 0.494. The van der Waals surface area contributed by atoms with E-state index in [1.54, 1.807) is 6.07 Å². The van der Waals surface area contributed by atoms with E-state index in [0.29, 0.717) is 17.5 Å². The summed E-state index contributed by atoms with van der Waals surface area (Å²) in [5.74, 6) is 0.582. The lowest BCUT2D eigenvalue weighted by molar-refractivity contribution is 0.423. The molecule has 0 saturated heterocycles. The van der Waals surface area contributed by atoms with Gasteiger partial charge < -0.3 is 15.2 Å². The van der Waals surface area contributed by atoms with Gasteiger partial charge in [-0.25, -0.2) is 0 Å². The summed E-state index contributed by atoms with van der Waals surface area (Å²) >= 11 is 10.9. The summed E-state index contributed by atoms with van der Waals surface area (Å²) in [5, 5.41) is 10.9. The van der Waals surface area contributed by atoms with E-state index in [9.17, 15) is 0 Å². The lowest BCUT2D eigenvalue weighted by Gasteiger charge is -2.08. The van der Waals surface area contributed by atoms with Gasteiger partial charge in [0.05, 0.1) is 0 Å². The summed E-state index contributed by atoms with van der Waals surface area (Å²) in [7, 11) is 0. The van der Waals surface area contributed by atoms with E-state index >= 15 is 0 Å². The highest BCUT2D eigenvalue weighted by Crippen LogP contribution is 2.09. The summed E-state index contributed by atoms with van der Waals surface area (Å²) in [6.07, 6.45) is 1.48. The van der Waals surface area contributed by atoms with Crippen molar-refractivity contribution in [2.45, 2.75) is 6.54 Å². The Hall–Kier alpha value is -1.59. The van der Waals surface area contributed by atoms with Gasteiger partial charge in [0.15, 0.2) is 10.9 Å². The molecule has 0 aliphatic rings. The number of aromatic nitrogens is 1. The van der Waals surface area contributed by atoms with E-state index in [4.69, 9.17) is 23.8 Å². The van der Waals surface area contributed by atoms with Crippen molar-refractivity contribution in [2.75, 3.05) is 5.32 Å². The quantitative estimate of drug-likeness (QED) is 0.838. The fraction of sp³-hybridized carbons (Fsp3) is 0.0909. The minimum atomic E-state index is 0.494. The molecule has 1 aromatic heterocycles. The summed E-state index contributed by atoms with van der Waals surface area (Å²) < 4.78 is 4.68. The molecule has 2 rings (SSSR count). The number of hydrogen-bond acceptors (Lipinski definition) is 3. The molecule has 88 valence electrons. The van der Waals surface area contributed by atoms with Gasteiger partial charge in [-0.3, -0.25) is 0 Å². The molecule has 17 heavy (non-hydrogen) atoms. The summed E-state index contributed by atoms with van der Waals surface area (Å²) in [5.41, 5.74) is 1.10. The van der Waals surface area contributed by atoms with E-state index in [-0.39, 0.29) is 0 Å². The summed E-state index contributed by atoms with van der Waals surface area (Å²) in [6.45, 7) is 0.626. The first-order valence-electron chi connectivity index (χ1n) is 4.94. The zero-order valence-corrected chi connectivity index (χ0v) is 10.4. The molecule has 0 fully saturated rings. The van der Waals surface area contributed by atoms with Crippen LogP contribution in [0.4, 0.5) is 5.82 Å². The smallest absolute Gasteiger partial charge is 0.175 e. The predicted octanol–water partition coefficient (Wildman–Crippen LogP) is 2.81. The fourth-order valence-corrected chi connectivity index (χ4v) is 1.52. The third-order valence-corrected chi connectivity index (χ3v) is 2.54. The average Bonchev–Trinajstić information content (AvgIpc) is 2.81. The molecule has 0 unspecified atom stereocenters. The Balaban J connectivity index is 1.82. The topological polar surface area (TPSA) is 50.1 Å². The van der Waals surface area contributed by atoms with Crippen LogP contribution in [0.2, 0.25) is 5.02 Å². The fourth-order valence-electron chi connectivity index (χ4n) is 1.22. The molecule has 2 aromatic rings. The number of hydrogen-bond donors (Lipinski definition) is 2. The van der Waals surface area contributed by atoms with Gasteiger partial charge in [0.25, 0.3) is 0 Å². The van der Waals surface area contributed by atoms with E-state index < -0.39 is 0 Å². The Labute approximate surface area is 109 Å². The van der Waals surface area contributed by atoms with Crippen molar-refractivity contribution < 1.29 is 4.52 Å². The molecular weight excluding hydrogens is 258 g/mol. The van der Waals surface area contributed by atoms with E-state index in [1.165, 1.54) is 6.26 Å². The van der Waals surface area contributed by atoms with Crippen molar-refractivity contribution in [1.82, 2.24) is 10.5 Å². The number of benzene rings is 1. The van der Waals surface area contributed by atoms with Crippen LogP contribution in [0.1, 0.15) is 5.56 Å². The van der Waals surface area contributed by atoms with Gasteiger partial charge in [-0.05, 0) is 29.9 Å². The normalized spacial score (nSPS) is 9.94. The molecule has 0 atom stereocenters. The largest absolute Gasteiger partial charge is 0.363 e. The van der Waals surface area contributed by atoms with E-state index in [0.717, 1.165) is 10.6 Å². The zero-order valence-electron chi connectivity index (χ0n) is 8.81. The molecule has 2 N–H and O–H groups in total. The van der Waals surface area contributed by atoms with E-state index in [1.807, 2.05) is 24.3 Å². The van der Waals surface area contributed by atoms with Crippen LogP contribution in [0.3, 0.4) is 0 Å². The molecule has 4 nitrogen and oxygen atoms in total. The van der Waals surface area contributed by atoms with Gasteiger partial charge in [0.2, 0.25) is 0 Å². The van der Waals surface area contributed by atoms with Crippen molar-refractivity contribution in [3.8, 4) is 0 Å². The van der Waals surface area contributed by atoms with Gasteiger partial charge in [-0.2, -0.15) is 0 Å². The summed E-state index contributed by atoms with van der Waals surface area (Å²) in [4.78, 5) is 0. The van der Waals surface area contributed by atoms with Crippen LogP contribution < -0.4 is 10.6 Å². The first kappa shape index (κ1) is 11.9. The van der Waals surface area contributed by atoms with Crippen molar-refractivity contribution in [1.29, 1.82) is 0 Å². The highest BCUT2D eigenvalue weighted by atomic mass is 35.5. The molecule has 0 bridgehead atoms. The second-order valence-electron chi connectivity index (χ2n) is 3.32. The number of nitrogens with one attached hydrogen (secondary N) is 2. The zero-order chi connectivity index (χ0) is 12.1. The van der Waals surface area contributed by atoms with Crippen molar-refractivity contribution in [3.63, 3.8) is 0 Å². The first-order chi connectivity index (χ1) is 8.24. The highest BCUT2D eigenvalue weighted by molar-refractivity contribution is 7.80. The molecule has 0 radical (unpaired) electrons. The Morgan fingerprint density at radius 3 is 2.71 bits per heavy atom. The van der Waals surface area contributed by atoms with Gasteiger partial charge in [0.1, 0.15) is 6.26 Å². The number of rotatable bonds is 3. The maximum absolute atomic E-state index is 5.79. The lowest BCUT2D eigenvalue weighted by Crippen LogP contribution is -2.27. The Bertz CT molecular complexity index is 484. The lowest BCUT2D eigenvalue weighted by atomic mass is 10.2. The highest BCUT2D eigenvalue weighted by Gasteiger charge is 2.00. The number of thiocarbonyl (C=S) groups is 1. The van der Waals surface area contributed by atoms with Gasteiger partial charge in [0, 0.05) is 17.6 Å². The second-order valence-corrected chi connectivity index (χ2v) is 4.16. The third kappa shape index (κ3) is 3.72. The number of anilines is 1. The number of nitrogens with zero attached hydrogens (tertiary/aromatic N) is 1. The Kier molecular flexibility index (Phi) is 3.95. The maximum Gasteiger partial charge on any atom is 0.175 e. The van der Waals surface area contributed by atoms with Crippen LogP contribution in [0.5, 0.6) is 0 Å². The molecule has 0 aliphatic heterocycles. The molecule has 0 amide bonds. The van der Waals surface area contributed by atoms with E-state index in [2.05, 4.69) is 20.3 Å². The molecule has 1 heterocycles. The van der Waals surface area contributed by atoms with Crippen LogP contribution in [0.15, 0.2) is 41.1 Å². The minimum Gasteiger partial charge on any atom is -0.363 e. The third-order valence-electron chi connectivity index (χ3n) is 2.05. The monoisotopic (exact) mass is 267 g/mol. The Morgan fingerprint density at radius 2 is 2.06 bits per heavy atom. The van der Waals surface area contributed by atoms with Crippen LogP contribution >= 0.6 is 23.8 Å². The van der Waals surface area contributed by atoms with Crippen LogP contribution in [-0.2, 0) is 6.54 Å². The SMILES string of the molecule is S=C(NCc1ccc(Cl)cc1)Nc1ccon1. The predicted molar refractivity (Wildman–Crippen MR) is 71.0 cm³/mol. The molecular formula is C11H10ClN3OS. The van der Waals surface area contributed by atoms with Crippen LogP contribution in [0.25, 0.3) is 0 Å². The van der Waals surface area contributed by atoms with Gasteiger partial charge in [-0.15, -0.1) is 0 Å². The maximum atomic E-state index is 5.79. The standard InChI is InChI=1S/C11H10ClN3OS/c12-9-3-1-8(2-4-9)7-13-11(17)14-10-5-6-16-15-10/h1-6H,7H2,(H2,13,14,15,17). The molecule has 6 heteroatoms. The van der Waals surface area contributed by atoms with Crippen molar-refractivity contribution >= 4 is 34.7 Å². The second kappa shape index (κ2) is 5.65. The summed E-state index contributed by atoms with van der Waals surface area (Å²) in [6, 6.07) is 9.25. The van der Waals surface area contributed by atoms with Crippen molar-refractivity contribution in [3.05, 3.63) is 47.2 Å². The van der Waals surface area contributed by atoms with Gasteiger partial charge in [-0.1, -0.05) is 28.9 Å². The first-order valence-corrected chi connectivity index (χ1v) is 5.72. The van der Waals surface area contributed by atoms with Crippen molar-refractivity contribution in [2.24, 2.45) is 0 Å². The van der Waals surface area contributed by atoms with Crippen LogP contribution in [-0.4, -0.2) is 10.3 Å². The molecule has 0 saturated carbocycles. The van der Waals surface area contributed by atoms with Crippen LogP contribution in [0, 0.1) is 0 Å². The Morgan fingerprint density at radius 1 is 1.29 bits per heavy atom. The molecule has 1 aromatic carbocycles. The average molecular weight is 268 g/mol. The van der Waals surface area contributed by atoms with Gasteiger partial charge >= 0.3 is 0 Å². The molecule has 0 spiro atoms. The molecule has 0 aliphatic carbocycles. The number of halogens is 1.